The average Bonchev–Trinajstić information content (AvgIpc) is 3.71. The molecule has 0 saturated heterocycles. The van der Waals surface area contributed by atoms with E-state index in [9.17, 15) is 0 Å². The van der Waals surface area contributed by atoms with Gasteiger partial charge in [-0.25, -0.2) is 0 Å². The smallest absolute Gasteiger partial charge is 0.145 e. The summed E-state index contributed by atoms with van der Waals surface area (Å²) in [5, 5.41) is 10.9. The Hall–Kier alpha value is -6.39. The van der Waals surface area contributed by atoms with Gasteiger partial charge < -0.3 is 14.3 Å². The number of rotatable bonds is 4. The lowest BCUT2D eigenvalue weighted by atomic mass is 10.0. The highest BCUT2D eigenvalue weighted by Gasteiger charge is 2.23. The van der Waals surface area contributed by atoms with Crippen LogP contribution in [0.25, 0.3) is 65.9 Å². The Kier molecular flexibility index (Phi) is 5.90. The van der Waals surface area contributed by atoms with E-state index in [1.165, 1.54) is 32.6 Å². The lowest BCUT2D eigenvalue weighted by Gasteiger charge is -2.25. The molecule has 1 aliphatic rings. The first-order valence-corrected chi connectivity index (χ1v) is 16.3. The molecule has 4 heteroatoms. The first kappa shape index (κ1) is 26.8. The van der Waals surface area contributed by atoms with Gasteiger partial charge >= 0.3 is 0 Å². The van der Waals surface area contributed by atoms with Gasteiger partial charge in [0.05, 0.1) is 27.8 Å². The number of aromatic nitrogens is 1. The highest BCUT2D eigenvalue weighted by molar-refractivity contribution is 6.22. The largest absolute Gasteiger partial charge is 0.456 e. The number of para-hydroxylation sites is 1. The van der Waals surface area contributed by atoms with E-state index in [2.05, 4.69) is 162 Å². The Bertz CT molecular complexity index is 2750. The Morgan fingerprint density at radius 2 is 1.29 bits per heavy atom. The molecule has 4 nitrogen and oxygen atoms in total. The molecule has 0 saturated carbocycles. The summed E-state index contributed by atoms with van der Waals surface area (Å²) in [6, 6.07) is 55.6. The van der Waals surface area contributed by atoms with Crippen molar-refractivity contribution in [3.63, 3.8) is 0 Å². The Balaban J connectivity index is 1.19. The van der Waals surface area contributed by atoms with E-state index < -0.39 is 0 Å². The molecule has 1 unspecified atom stereocenters. The van der Waals surface area contributed by atoms with Gasteiger partial charge in [0.2, 0.25) is 0 Å². The first-order valence-electron chi connectivity index (χ1n) is 16.3. The van der Waals surface area contributed by atoms with Gasteiger partial charge in [0.15, 0.2) is 0 Å². The van der Waals surface area contributed by atoms with Crippen LogP contribution in [-0.4, -0.2) is 10.3 Å². The maximum Gasteiger partial charge on any atom is 0.145 e. The molecular formula is C44H29N3O. The van der Waals surface area contributed by atoms with Crippen LogP contribution in [0.4, 0.5) is 0 Å². The second-order valence-corrected chi connectivity index (χ2v) is 12.4. The molecule has 0 fully saturated rings. The predicted molar refractivity (Wildman–Crippen MR) is 199 cm³/mol. The SMILES string of the molecule is C1=C(c2ccccc2)NC(c2ccc3oc4cccc(-n5c6ccccc6c6c7ccccc7ccc65)c4c3c2)N=C1c1ccccc1. The van der Waals surface area contributed by atoms with Crippen molar-refractivity contribution in [1.82, 2.24) is 9.88 Å². The summed E-state index contributed by atoms with van der Waals surface area (Å²) in [5.41, 5.74) is 10.5. The minimum atomic E-state index is -0.276. The fraction of sp³-hybridized carbons (Fsp3) is 0.0227. The van der Waals surface area contributed by atoms with Crippen LogP contribution in [0.3, 0.4) is 0 Å². The number of nitrogens with one attached hydrogen (secondary N) is 1. The second kappa shape index (κ2) is 10.6. The zero-order chi connectivity index (χ0) is 31.6. The van der Waals surface area contributed by atoms with Crippen LogP contribution >= 0.6 is 0 Å². The summed E-state index contributed by atoms with van der Waals surface area (Å²) < 4.78 is 8.93. The van der Waals surface area contributed by atoms with Crippen LogP contribution < -0.4 is 5.32 Å². The molecule has 0 bridgehead atoms. The molecule has 7 aromatic carbocycles. The number of hydrogen-bond donors (Lipinski definition) is 1. The molecule has 226 valence electrons. The van der Waals surface area contributed by atoms with E-state index in [1.54, 1.807) is 0 Å². The molecule has 3 heterocycles. The second-order valence-electron chi connectivity index (χ2n) is 12.4. The van der Waals surface area contributed by atoms with Gasteiger partial charge in [0.1, 0.15) is 17.3 Å². The van der Waals surface area contributed by atoms with E-state index in [-0.39, 0.29) is 6.17 Å². The topological polar surface area (TPSA) is 42.5 Å². The maximum atomic E-state index is 6.53. The van der Waals surface area contributed by atoms with Crippen molar-refractivity contribution in [3.05, 3.63) is 180 Å². The average molecular weight is 616 g/mol. The molecule has 0 radical (unpaired) electrons. The van der Waals surface area contributed by atoms with E-state index >= 15 is 0 Å². The minimum absolute atomic E-state index is 0.276. The monoisotopic (exact) mass is 615 g/mol. The lowest BCUT2D eigenvalue weighted by molar-refractivity contribution is 0.658. The minimum Gasteiger partial charge on any atom is -0.456 e. The van der Waals surface area contributed by atoms with Gasteiger partial charge in [0.25, 0.3) is 0 Å². The van der Waals surface area contributed by atoms with Crippen molar-refractivity contribution in [3.8, 4) is 5.69 Å². The highest BCUT2D eigenvalue weighted by atomic mass is 16.3. The summed E-state index contributed by atoms with van der Waals surface area (Å²) in [7, 11) is 0. The van der Waals surface area contributed by atoms with E-state index in [4.69, 9.17) is 9.41 Å². The van der Waals surface area contributed by atoms with Gasteiger partial charge in [0, 0.05) is 21.9 Å². The van der Waals surface area contributed by atoms with Gasteiger partial charge in [-0.3, -0.25) is 4.99 Å². The van der Waals surface area contributed by atoms with Crippen LogP contribution in [0.5, 0.6) is 0 Å². The number of nitrogens with zero attached hydrogens (tertiary/aromatic N) is 2. The van der Waals surface area contributed by atoms with Gasteiger partial charge in [-0.1, -0.05) is 121 Å². The molecule has 1 aliphatic heterocycles. The zero-order valence-corrected chi connectivity index (χ0v) is 26.0. The van der Waals surface area contributed by atoms with Crippen molar-refractivity contribution in [2.75, 3.05) is 0 Å². The predicted octanol–water partition coefficient (Wildman–Crippen LogP) is 11.0. The highest BCUT2D eigenvalue weighted by Crippen LogP contribution is 2.41. The van der Waals surface area contributed by atoms with Crippen LogP contribution in [0, 0.1) is 0 Å². The molecule has 48 heavy (non-hydrogen) atoms. The van der Waals surface area contributed by atoms with Crippen molar-refractivity contribution in [1.29, 1.82) is 0 Å². The van der Waals surface area contributed by atoms with Crippen molar-refractivity contribution in [2.45, 2.75) is 6.17 Å². The standard InChI is InChI=1S/C44H29N3O/c1-3-13-29(14-4-1)35-27-36(30-15-5-2-6-16-30)46-44(45-35)31-23-25-40-34(26-31)43-38(20-11-21-41(43)48-40)47-37-19-10-9-18-33(37)42-32-17-8-7-12-28(32)22-24-39(42)47/h1-27,44-45H. The summed E-state index contributed by atoms with van der Waals surface area (Å²) in [6.45, 7) is 0. The number of aliphatic imine (C=N–C) groups is 1. The third-order valence-corrected chi connectivity index (χ3v) is 9.61. The molecule has 10 rings (SSSR count). The van der Waals surface area contributed by atoms with E-state index in [0.29, 0.717) is 0 Å². The molecule has 2 aromatic heterocycles. The third-order valence-electron chi connectivity index (χ3n) is 9.61. The number of furan rings is 1. The zero-order valence-electron chi connectivity index (χ0n) is 26.0. The van der Waals surface area contributed by atoms with Crippen LogP contribution in [-0.2, 0) is 0 Å². The van der Waals surface area contributed by atoms with E-state index in [1.807, 2.05) is 12.1 Å². The van der Waals surface area contributed by atoms with Crippen molar-refractivity contribution in [2.24, 2.45) is 4.99 Å². The van der Waals surface area contributed by atoms with Crippen LogP contribution in [0.1, 0.15) is 22.9 Å². The summed E-state index contributed by atoms with van der Waals surface area (Å²) in [6.07, 6.45) is 1.87. The summed E-state index contributed by atoms with van der Waals surface area (Å²) >= 11 is 0. The molecule has 0 aliphatic carbocycles. The molecule has 0 amide bonds. The quantitative estimate of drug-likeness (QED) is 0.214. The van der Waals surface area contributed by atoms with Crippen molar-refractivity contribution < 1.29 is 4.42 Å². The molecule has 9 aromatic rings. The number of hydrogen-bond acceptors (Lipinski definition) is 3. The van der Waals surface area contributed by atoms with Crippen molar-refractivity contribution >= 4 is 65.9 Å². The van der Waals surface area contributed by atoms with Gasteiger partial charge in [-0.2, -0.15) is 0 Å². The number of benzene rings is 7. The Morgan fingerprint density at radius 1 is 0.542 bits per heavy atom. The van der Waals surface area contributed by atoms with Crippen LogP contribution in [0.2, 0.25) is 0 Å². The normalized spacial score (nSPS) is 14.9. The Morgan fingerprint density at radius 3 is 2.15 bits per heavy atom. The number of allylic oxidation sites excluding steroid dienone is 1. The molecule has 1 N–H and O–H groups in total. The fourth-order valence-electron chi connectivity index (χ4n) is 7.42. The first-order chi connectivity index (χ1) is 23.8. The summed E-state index contributed by atoms with van der Waals surface area (Å²) in [5.74, 6) is 0. The number of fused-ring (bicyclic) bond motifs is 8. The van der Waals surface area contributed by atoms with E-state index in [0.717, 1.165) is 55.7 Å². The molecule has 0 spiro atoms. The molecule has 1 atom stereocenters. The maximum absolute atomic E-state index is 6.53. The fourth-order valence-corrected chi connectivity index (χ4v) is 7.42. The Labute approximate surface area is 276 Å². The van der Waals surface area contributed by atoms with Crippen LogP contribution in [0.15, 0.2) is 173 Å². The van der Waals surface area contributed by atoms with Gasteiger partial charge in [-0.05, 0) is 69.9 Å². The summed E-state index contributed by atoms with van der Waals surface area (Å²) in [4.78, 5) is 5.25. The molecular weight excluding hydrogens is 587 g/mol. The third kappa shape index (κ3) is 4.13. The lowest BCUT2D eigenvalue weighted by Crippen LogP contribution is -2.24. The van der Waals surface area contributed by atoms with Gasteiger partial charge in [-0.15, -0.1) is 0 Å².